The summed E-state index contributed by atoms with van der Waals surface area (Å²) in [7, 11) is 1.17. The van der Waals surface area contributed by atoms with Gasteiger partial charge in [-0.25, -0.2) is 0 Å². The Hall–Kier alpha value is -2.17. The van der Waals surface area contributed by atoms with E-state index in [0.717, 1.165) is 5.56 Å². The maximum absolute atomic E-state index is 12.7. The Morgan fingerprint density at radius 2 is 2.00 bits per heavy atom. The second-order valence-corrected chi connectivity index (χ2v) is 4.88. The summed E-state index contributed by atoms with van der Waals surface area (Å²) in [5, 5.41) is 9.13. The van der Waals surface area contributed by atoms with Crippen molar-refractivity contribution >= 4 is 17.7 Å². The van der Waals surface area contributed by atoms with Crippen LogP contribution < -0.4 is 0 Å². The van der Waals surface area contributed by atoms with E-state index in [1.165, 1.54) is 7.11 Å². The number of hydrogen-bond acceptors (Lipinski definition) is 4. The van der Waals surface area contributed by atoms with Gasteiger partial charge >= 0.3 is 11.9 Å². The van der Waals surface area contributed by atoms with Crippen LogP contribution in [0.5, 0.6) is 0 Å². The van der Waals surface area contributed by atoms with Crippen molar-refractivity contribution in [1.82, 2.24) is 0 Å². The minimum absolute atomic E-state index is 0.379. The normalized spacial score (nSPS) is 24.3. The number of methoxy groups -OCH3 is 1. The zero-order chi connectivity index (χ0) is 14.9. The maximum Gasteiger partial charge on any atom is 0.324 e. The highest BCUT2D eigenvalue weighted by atomic mass is 16.5. The van der Waals surface area contributed by atoms with Crippen molar-refractivity contribution in [1.29, 1.82) is 0 Å². The van der Waals surface area contributed by atoms with E-state index < -0.39 is 29.7 Å². The molecule has 2 rings (SSSR count). The number of aliphatic carboxylic acids is 1. The molecule has 5 heteroatoms. The number of ether oxygens (including phenoxy) is 1. The van der Waals surface area contributed by atoms with Gasteiger partial charge in [-0.05, 0) is 17.5 Å². The molecule has 20 heavy (non-hydrogen) atoms. The van der Waals surface area contributed by atoms with Gasteiger partial charge in [0, 0.05) is 5.92 Å². The highest BCUT2D eigenvalue weighted by molar-refractivity contribution is 6.17. The number of fused-ring (bicyclic) bond motifs is 1. The van der Waals surface area contributed by atoms with E-state index in [1.807, 2.05) is 6.92 Å². The van der Waals surface area contributed by atoms with Gasteiger partial charge in [0.2, 0.25) is 0 Å². The number of carboxylic acids is 1. The number of carbonyl (C=O) groups is 3. The zero-order valence-electron chi connectivity index (χ0n) is 11.4. The highest BCUT2D eigenvalue weighted by Gasteiger charge is 2.58. The third kappa shape index (κ3) is 1.81. The lowest BCUT2D eigenvalue weighted by atomic mass is 9.77. The molecule has 1 aromatic rings. The van der Waals surface area contributed by atoms with Crippen LogP contribution in [0.25, 0.3) is 0 Å². The molecule has 2 atom stereocenters. The Labute approximate surface area is 116 Å². The third-order valence-electron chi connectivity index (χ3n) is 3.89. The summed E-state index contributed by atoms with van der Waals surface area (Å²) >= 11 is 0. The molecule has 0 heterocycles. The monoisotopic (exact) mass is 276 g/mol. The van der Waals surface area contributed by atoms with E-state index in [-0.39, 0.29) is 5.78 Å². The number of rotatable bonds is 4. The average molecular weight is 276 g/mol. The van der Waals surface area contributed by atoms with Gasteiger partial charge in [0.25, 0.3) is 0 Å². The Morgan fingerprint density at radius 3 is 2.55 bits per heavy atom. The molecule has 0 radical (unpaired) electrons. The molecular formula is C15H16O5. The molecule has 1 aliphatic carbocycles. The van der Waals surface area contributed by atoms with Crippen LogP contribution in [-0.2, 0) is 24.5 Å². The van der Waals surface area contributed by atoms with Crippen molar-refractivity contribution in [2.24, 2.45) is 0 Å². The summed E-state index contributed by atoms with van der Waals surface area (Å²) in [6, 6.07) is 6.89. The Kier molecular flexibility index (Phi) is 3.61. The van der Waals surface area contributed by atoms with Gasteiger partial charge in [-0.15, -0.1) is 0 Å². The van der Waals surface area contributed by atoms with E-state index in [1.54, 1.807) is 24.3 Å². The lowest BCUT2D eigenvalue weighted by Crippen LogP contribution is -2.44. The lowest BCUT2D eigenvalue weighted by molar-refractivity contribution is -0.157. The molecule has 5 nitrogen and oxygen atoms in total. The summed E-state index contributed by atoms with van der Waals surface area (Å²) in [6.07, 6.45) is -0.0553. The van der Waals surface area contributed by atoms with Gasteiger partial charge in [-0.1, -0.05) is 31.2 Å². The largest absolute Gasteiger partial charge is 0.481 e. The number of ketones is 1. The van der Waals surface area contributed by atoms with Crippen LogP contribution in [0.1, 0.15) is 36.8 Å². The van der Waals surface area contributed by atoms with Gasteiger partial charge in [0.05, 0.1) is 13.5 Å². The summed E-state index contributed by atoms with van der Waals surface area (Å²) < 4.78 is 4.74. The molecule has 106 valence electrons. The molecule has 0 amide bonds. The number of esters is 1. The minimum atomic E-state index is -1.71. The first kappa shape index (κ1) is 14.2. The van der Waals surface area contributed by atoms with E-state index in [9.17, 15) is 14.4 Å². The summed E-state index contributed by atoms with van der Waals surface area (Å²) in [5.74, 6) is -2.83. The second-order valence-electron chi connectivity index (χ2n) is 4.88. The fourth-order valence-electron chi connectivity index (χ4n) is 3.03. The van der Waals surface area contributed by atoms with Crippen molar-refractivity contribution in [2.45, 2.75) is 31.1 Å². The number of carboxylic acid groups (broad SMARTS) is 1. The summed E-state index contributed by atoms with van der Waals surface area (Å²) in [6.45, 7) is 1.84. The van der Waals surface area contributed by atoms with Crippen LogP contribution in [0, 0.1) is 0 Å². The molecule has 1 aliphatic rings. The maximum atomic E-state index is 12.7. The Balaban J connectivity index is 2.70. The van der Waals surface area contributed by atoms with Gasteiger partial charge in [-0.3, -0.25) is 14.4 Å². The molecule has 0 aromatic heterocycles. The summed E-state index contributed by atoms with van der Waals surface area (Å²) in [4.78, 5) is 36.1. The first-order valence-electron chi connectivity index (χ1n) is 6.43. The van der Waals surface area contributed by atoms with E-state index in [2.05, 4.69) is 0 Å². The fourth-order valence-corrected chi connectivity index (χ4v) is 3.03. The minimum Gasteiger partial charge on any atom is -0.481 e. The smallest absolute Gasteiger partial charge is 0.324 e. The second kappa shape index (κ2) is 5.07. The van der Waals surface area contributed by atoms with Crippen LogP contribution in [0.4, 0.5) is 0 Å². The average Bonchev–Trinajstić information content (AvgIpc) is 2.67. The van der Waals surface area contributed by atoms with Gasteiger partial charge in [0.15, 0.2) is 11.2 Å². The molecule has 0 bridgehead atoms. The fraction of sp³-hybridized carbons (Fsp3) is 0.400. The first-order chi connectivity index (χ1) is 9.48. The standard InChI is InChI=1S/C15H16O5/c1-3-9-10-6-4-5-7-11(10)15(13(9)18,8-12(16)17)14(19)20-2/h4-7,9H,3,8H2,1-2H3,(H,16,17). The molecule has 0 saturated carbocycles. The third-order valence-corrected chi connectivity index (χ3v) is 3.89. The lowest BCUT2D eigenvalue weighted by Gasteiger charge is -2.24. The number of Topliss-reactive ketones (excluding diaryl/α,β-unsaturated/α-hetero) is 1. The molecule has 2 unspecified atom stereocenters. The molecule has 0 aliphatic heterocycles. The predicted octanol–water partition coefficient (Wildman–Crippen LogP) is 1.65. The topological polar surface area (TPSA) is 80.7 Å². The molecular weight excluding hydrogens is 260 g/mol. The zero-order valence-corrected chi connectivity index (χ0v) is 11.4. The van der Waals surface area contributed by atoms with E-state index >= 15 is 0 Å². The molecule has 0 saturated heterocycles. The van der Waals surface area contributed by atoms with Crippen molar-refractivity contribution < 1.29 is 24.2 Å². The van der Waals surface area contributed by atoms with Crippen LogP contribution in [0.3, 0.4) is 0 Å². The number of benzene rings is 1. The number of hydrogen-bond donors (Lipinski definition) is 1. The highest BCUT2D eigenvalue weighted by Crippen LogP contribution is 2.47. The van der Waals surface area contributed by atoms with Crippen LogP contribution >= 0.6 is 0 Å². The molecule has 1 aromatic carbocycles. The van der Waals surface area contributed by atoms with E-state index in [4.69, 9.17) is 9.84 Å². The number of carbonyl (C=O) groups excluding carboxylic acids is 2. The summed E-state index contributed by atoms with van der Waals surface area (Å²) in [5.41, 5.74) is -0.518. The van der Waals surface area contributed by atoms with Crippen molar-refractivity contribution in [3.63, 3.8) is 0 Å². The SMILES string of the molecule is CCC1C(=O)C(CC(=O)O)(C(=O)OC)c2ccccc21. The van der Waals surface area contributed by atoms with Crippen LogP contribution in [-0.4, -0.2) is 29.9 Å². The van der Waals surface area contributed by atoms with E-state index in [0.29, 0.717) is 12.0 Å². The van der Waals surface area contributed by atoms with Crippen LogP contribution in [0.15, 0.2) is 24.3 Å². The molecule has 0 spiro atoms. The quantitative estimate of drug-likeness (QED) is 0.668. The molecule has 1 N–H and O–H groups in total. The predicted molar refractivity (Wildman–Crippen MR) is 70.4 cm³/mol. The first-order valence-corrected chi connectivity index (χ1v) is 6.43. The van der Waals surface area contributed by atoms with Crippen LogP contribution in [0.2, 0.25) is 0 Å². The van der Waals surface area contributed by atoms with Gasteiger partial charge < -0.3 is 9.84 Å². The van der Waals surface area contributed by atoms with Crippen molar-refractivity contribution in [2.75, 3.05) is 7.11 Å². The Morgan fingerprint density at radius 1 is 1.35 bits per heavy atom. The van der Waals surface area contributed by atoms with Crippen molar-refractivity contribution in [3.05, 3.63) is 35.4 Å². The van der Waals surface area contributed by atoms with Crippen molar-refractivity contribution in [3.8, 4) is 0 Å². The Bertz CT molecular complexity index is 577. The molecule has 0 fully saturated rings. The van der Waals surface area contributed by atoms with Gasteiger partial charge in [0.1, 0.15) is 0 Å². The van der Waals surface area contributed by atoms with Gasteiger partial charge in [-0.2, -0.15) is 0 Å².